The zero-order valence-electron chi connectivity index (χ0n) is 17.0. The first-order valence-electron chi connectivity index (χ1n) is 9.83. The van der Waals surface area contributed by atoms with Crippen molar-refractivity contribution in [2.24, 2.45) is 5.92 Å². The number of piperidine rings is 1. The van der Waals surface area contributed by atoms with Crippen molar-refractivity contribution in [3.8, 4) is 0 Å². The lowest BCUT2D eigenvalue weighted by Gasteiger charge is -2.29. The molecule has 0 radical (unpaired) electrons. The highest BCUT2D eigenvalue weighted by Crippen LogP contribution is 2.29. The molecule has 0 aliphatic carbocycles. The molecule has 1 aliphatic rings. The van der Waals surface area contributed by atoms with E-state index in [0.717, 1.165) is 19.3 Å². The number of carbonyl (C=O) groups is 1. The maximum atomic E-state index is 13.2. The summed E-state index contributed by atoms with van der Waals surface area (Å²) >= 11 is 0. The van der Waals surface area contributed by atoms with Crippen LogP contribution in [-0.4, -0.2) is 36.7 Å². The molecule has 1 aromatic heterocycles. The van der Waals surface area contributed by atoms with Gasteiger partial charge in [-0.25, -0.2) is 8.42 Å². The molecule has 0 bridgehead atoms. The fourth-order valence-electron chi connectivity index (χ4n) is 3.72. The summed E-state index contributed by atoms with van der Waals surface area (Å²) in [7, 11) is -3.62. The number of nitrogens with one attached hydrogen (secondary N) is 2. The molecule has 0 saturated carbocycles. The second-order valence-corrected chi connectivity index (χ2v) is 9.55. The number of rotatable bonds is 5. The van der Waals surface area contributed by atoms with Gasteiger partial charge < -0.3 is 10.3 Å². The van der Waals surface area contributed by atoms with Gasteiger partial charge in [0, 0.05) is 24.5 Å². The predicted octanol–water partition coefficient (Wildman–Crippen LogP) is 3.87. The molecule has 28 heavy (non-hydrogen) atoms. The second kappa shape index (κ2) is 8.09. The zero-order valence-corrected chi connectivity index (χ0v) is 17.8. The molecule has 1 amide bonds. The van der Waals surface area contributed by atoms with Gasteiger partial charge in [-0.1, -0.05) is 26.0 Å². The molecule has 0 unspecified atom stereocenters. The minimum absolute atomic E-state index is 0.230. The topological polar surface area (TPSA) is 82.3 Å². The van der Waals surface area contributed by atoms with Gasteiger partial charge >= 0.3 is 0 Å². The fraction of sp³-hybridized carbons (Fsp3) is 0.476. The summed E-state index contributed by atoms with van der Waals surface area (Å²) in [5.74, 6) is 0.207. The Labute approximate surface area is 167 Å². The molecule has 2 N–H and O–H groups in total. The molecule has 7 heteroatoms. The predicted molar refractivity (Wildman–Crippen MR) is 111 cm³/mol. The van der Waals surface area contributed by atoms with Crippen molar-refractivity contribution in [3.63, 3.8) is 0 Å². The lowest BCUT2D eigenvalue weighted by Crippen LogP contribution is -2.38. The molecule has 6 nitrogen and oxygen atoms in total. The van der Waals surface area contributed by atoms with E-state index in [4.69, 9.17) is 0 Å². The fourth-order valence-corrected chi connectivity index (χ4v) is 5.60. The number of nitrogens with zero attached hydrogens (tertiary/aromatic N) is 1. The average molecular weight is 404 g/mol. The first-order chi connectivity index (χ1) is 13.2. The van der Waals surface area contributed by atoms with Gasteiger partial charge in [0.1, 0.15) is 10.6 Å². The van der Waals surface area contributed by atoms with Gasteiger partial charge in [-0.2, -0.15) is 4.31 Å². The number of hydrogen-bond acceptors (Lipinski definition) is 3. The van der Waals surface area contributed by atoms with Crippen LogP contribution in [0.1, 0.15) is 54.0 Å². The van der Waals surface area contributed by atoms with Gasteiger partial charge in [0.2, 0.25) is 10.0 Å². The molecule has 1 aliphatic heterocycles. The van der Waals surface area contributed by atoms with Crippen LogP contribution in [-0.2, 0) is 16.4 Å². The van der Waals surface area contributed by atoms with E-state index in [1.165, 1.54) is 5.56 Å². The molecule has 0 atom stereocenters. The second-order valence-electron chi connectivity index (χ2n) is 7.67. The summed E-state index contributed by atoms with van der Waals surface area (Å²) in [6.45, 7) is 8.67. The minimum atomic E-state index is -3.62. The van der Waals surface area contributed by atoms with Crippen molar-refractivity contribution < 1.29 is 13.2 Å². The largest absolute Gasteiger partial charge is 0.353 e. The van der Waals surface area contributed by atoms with Crippen LogP contribution in [0.3, 0.4) is 0 Å². The Balaban J connectivity index is 1.85. The Hall–Kier alpha value is -2.12. The van der Waals surface area contributed by atoms with Crippen LogP contribution in [0.5, 0.6) is 0 Å². The lowest BCUT2D eigenvalue weighted by atomic mass is 10.0. The van der Waals surface area contributed by atoms with Crippen molar-refractivity contribution in [1.29, 1.82) is 0 Å². The van der Waals surface area contributed by atoms with Crippen molar-refractivity contribution in [3.05, 3.63) is 46.8 Å². The molecule has 1 saturated heterocycles. The Morgan fingerprint density at radius 1 is 1.18 bits per heavy atom. The number of aromatic amines is 1. The molecule has 1 fully saturated rings. The molecule has 3 rings (SSSR count). The van der Waals surface area contributed by atoms with E-state index in [1.807, 2.05) is 24.3 Å². The monoisotopic (exact) mass is 403 g/mol. The van der Waals surface area contributed by atoms with Crippen LogP contribution in [0.2, 0.25) is 0 Å². The number of carbonyl (C=O) groups excluding carboxylic acids is 1. The molecule has 2 aromatic rings. The van der Waals surface area contributed by atoms with E-state index in [0.29, 0.717) is 41.6 Å². The number of amides is 1. The number of benzene rings is 1. The molecule has 1 aromatic carbocycles. The number of anilines is 1. The highest BCUT2D eigenvalue weighted by atomic mass is 32.2. The maximum absolute atomic E-state index is 13.2. The third-order valence-electron chi connectivity index (χ3n) is 5.56. The van der Waals surface area contributed by atoms with Gasteiger partial charge in [-0.05, 0) is 62.3 Å². The van der Waals surface area contributed by atoms with E-state index in [2.05, 4.69) is 24.1 Å². The van der Waals surface area contributed by atoms with Crippen LogP contribution in [0, 0.1) is 19.8 Å². The van der Waals surface area contributed by atoms with Crippen molar-refractivity contribution in [1.82, 2.24) is 9.29 Å². The molecular weight excluding hydrogens is 374 g/mol. The SMILES string of the molecule is CCc1ccc(NC(=O)c2[nH]c(C)c(S(=O)(=O)N3CCC(C)CC3)c2C)cc1. The molecule has 0 spiro atoms. The normalized spacial score (nSPS) is 16.3. The number of hydrogen-bond donors (Lipinski definition) is 2. The molecular formula is C21H29N3O3S. The third-order valence-corrected chi connectivity index (χ3v) is 7.73. The summed E-state index contributed by atoms with van der Waals surface area (Å²) in [5, 5.41) is 2.85. The molecule has 152 valence electrons. The van der Waals surface area contributed by atoms with Crippen LogP contribution >= 0.6 is 0 Å². The minimum Gasteiger partial charge on any atom is -0.353 e. The summed E-state index contributed by atoms with van der Waals surface area (Å²) in [4.78, 5) is 16.0. The third kappa shape index (κ3) is 4.00. The van der Waals surface area contributed by atoms with Crippen LogP contribution in [0.15, 0.2) is 29.2 Å². The van der Waals surface area contributed by atoms with E-state index in [9.17, 15) is 13.2 Å². The number of sulfonamides is 1. The van der Waals surface area contributed by atoms with E-state index in [-0.39, 0.29) is 10.8 Å². The Bertz CT molecular complexity index is 954. The maximum Gasteiger partial charge on any atom is 0.272 e. The Kier molecular flexibility index (Phi) is 5.95. The first kappa shape index (κ1) is 20.6. The van der Waals surface area contributed by atoms with E-state index < -0.39 is 10.0 Å². The van der Waals surface area contributed by atoms with Crippen LogP contribution in [0.4, 0.5) is 5.69 Å². The van der Waals surface area contributed by atoms with Crippen molar-refractivity contribution >= 4 is 21.6 Å². The van der Waals surface area contributed by atoms with Gasteiger partial charge in [-0.3, -0.25) is 4.79 Å². The molecule has 2 heterocycles. The quantitative estimate of drug-likeness (QED) is 0.795. The number of H-pyrrole nitrogens is 1. The summed E-state index contributed by atoms with van der Waals surface area (Å²) < 4.78 is 27.9. The highest BCUT2D eigenvalue weighted by molar-refractivity contribution is 7.89. The summed E-state index contributed by atoms with van der Waals surface area (Å²) in [6, 6.07) is 7.65. The van der Waals surface area contributed by atoms with Crippen molar-refractivity contribution in [2.45, 2.75) is 51.9 Å². The Morgan fingerprint density at radius 2 is 1.79 bits per heavy atom. The van der Waals surface area contributed by atoms with Gasteiger partial charge in [0.05, 0.1) is 0 Å². The van der Waals surface area contributed by atoms with Crippen LogP contribution in [0.25, 0.3) is 0 Å². The van der Waals surface area contributed by atoms with Gasteiger partial charge in [-0.15, -0.1) is 0 Å². The summed E-state index contributed by atoms with van der Waals surface area (Å²) in [6.07, 6.45) is 2.66. The Morgan fingerprint density at radius 3 is 2.36 bits per heavy atom. The average Bonchev–Trinajstić information content (AvgIpc) is 2.97. The highest BCUT2D eigenvalue weighted by Gasteiger charge is 2.33. The zero-order chi connectivity index (χ0) is 20.5. The number of aryl methyl sites for hydroxylation is 2. The first-order valence-corrected chi connectivity index (χ1v) is 11.3. The van der Waals surface area contributed by atoms with Gasteiger partial charge in [0.25, 0.3) is 5.91 Å². The smallest absolute Gasteiger partial charge is 0.272 e. The van der Waals surface area contributed by atoms with Crippen molar-refractivity contribution in [2.75, 3.05) is 18.4 Å². The number of aromatic nitrogens is 1. The lowest BCUT2D eigenvalue weighted by molar-refractivity contribution is 0.102. The van der Waals surface area contributed by atoms with Crippen LogP contribution < -0.4 is 5.32 Å². The van der Waals surface area contributed by atoms with Gasteiger partial charge in [0.15, 0.2) is 0 Å². The standard InChI is InChI=1S/C21H29N3O3S/c1-5-17-6-8-18(9-7-17)23-21(25)19-15(3)20(16(4)22-19)28(26,27)24-12-10-14(2)11-13-24/h6-9,14,22H,5,10-13H2,1-4H3,(H,23,25). The van der Waals surface area contributed by atoms with E-state index >= 15 is 0 Å². The summed E-state index contributed by atoms with van der Waals surface area (Å²) in [5.41, 5.74) is 3.14. The van der Waals surface area contributed by atoms with E-state index in [1.54, 1.807) is 18.2 Å².